The summed E-state index contributed by atoms with van der Waals surface area (Å²) < 4.78 is 44.7. The zero-order chi connectivity index (χ0) is 14.8. The van der Waals surface area contributed by atoms with Crippen molar-refractivity contribution in [1.29, 1.82) is 0 Å². The van der Waals surface area contributed by atoms with Crippen LogP contribution >= 0.6 is 0 Å². The van der Waals surface area contributed by atoms with E-state index in [1.807, 2.05) is 0 Å². The number of aryl methyl sites for hydroxylation is 1. The number of hydrogen-bond acceptors (Lipinski definition) is 3. The van der Waals surface area contributed by atoms with Gasteiger partial charge in [0.1, 0.15) is 5.82 Å². The largest absolute Gasteiger partial charge is 0.381 e. The maximum Gasteiger partial charge on any atom is 0.242 e. The predicted molar refractivity (Wildman–Crippen MR) is 74.5 cm³/mol. The maximum atomic E-state index is 13.2. The first-order valence-corrected chi connectivity index (χ1v) is 8.15. The number of hydrogen-bond donors (Lipinski definition) is 0. The molecule has 0 saturated carbocycles. The molecule has 0 unspecified atom stereocenters. The van der Waals surface area contributed by atoms with Gasteiger partial charge in [0.05, 0.1) is 4.90 Å². The summed E-state index contributed by atoms with van der Waals surface area (Å²) in [6, 6.07) is 3.90. The van der Waals surface area contributed by atoms with Crippen LogP contribution in [0.2, 0.25) is 0 Å². The Labute approximate surface area is 119 Å². The summed E-state index contributed by atoms with van der Waals surface area (Å²) in [5, 5.41) is 0. The summed E-state index contributed by atoms with van der Waals surface area (Å²) in [6.45, 7) is 3.41. The molecule has 6 heteroatoms. The summed E-state index contributed by atoms with van der Waals surface area (Å²) in [7, 11) is -1.98. The van der Waals surface area contributed by atoms with E-state index in [4.69, 9.17) is 4.74 Å². The van der Waals surface area contributed by atoms with E-state index in [0.717, 1.165) is 12.8 Å². The first kappa shape index (κ1) is 15.4. The number of ether oxygens (including phenoxy) is 1. The molecule has 1 heterocycles. The van der Waals surface area contributed by atoms with Crippen molar-refractivity contribution in [2.75, 3.05) is 26.8 Å². The zero-order valence-corrected chi connectivity index (χ0v) is 12.6. The van der Waals surface area contributed by atoms with Crippen LogP contribution in [0.15, 0.2) is 23.1 Å². The van der Waals surface area contributed by atoms with Gasteiger partial charge < -0.3 is 4.74 Å². The average molecular weight is 301 g/mol. The van der Waals surface area contributed by atoms with Crippen molar-refractivity contribution in [3.63, 3.8) is 0 Å². The number of sulfonamides is 1. The lowest BCUT2D eigenvalue weighted by Crippen LogP contribution is -2.34. The second-order valence-corrected chi connectivity index (χ2v) is 7.30. The molecule has 0 spiro atoms. The topological polar surface area (TPSA) is 46.6 Å². The Balaban J connectivity index is 2.13. The van der Waals surface area contributed by atoms with E-state index >= 15 is 0 Å². The van der Waals surface area contributed by atoms with E-state index in [1.54, 1.807) is 14.0 Å². The van der Waals surface area contributed by atoms with Crippen molar-refractivity contribution >= 4 is 10.0 Å². The van der Waals surface area contributed by atoms with Gasteiger partial charge in [-0.1, -0.05) is 0 Å². The van der Waals surface area contributed by atoms with Gasteiger partial charge in [-0.2, -0.15) is 0 Å². The molecular weight excluding hydrogens is 281 g/mol. The Bertz CT molecular complexity index is 568. The van der Waals surface area contributed by atoms with Gasteiger partial charge in [-0.3, -0.25) is 0 Å². The van der Waals surface area contributed by atoms with Crippen molar-refractivity contribution in [3.8, 4) is 0 Å². The third kappa shape index (κ3) is 3.37. The fraction of sp³-hybridized carbons (Fsp3) is 0.571. The second kappa shape index (κ2) is 6.20. The Morgan fingerprint density at radius 2 is 2.00 bits per heavy atom. The molecule has 0 bridgehead atoms. The van der Waals surface area contributed by atoms with Gasteiger partial charge in [0.2, 0.25) is 10.0 Å². The normalized spacial score (nSPS) is 17.6. The molecule has 4 nitrogen and oxygen atoms in total. The van der Waals surface area contributed by atoms with E-state index < -0.39 is 15.8 Å². The van der Waals surface area contributed by atoms with Gasteiger partial charge in [-0.05, 0) is 49.4 Å². The van der Waals surface area contributed by atoms with Crippen LogP contribution in [0.3, 0.4) is 0 Å². The first-order chi connectivity index (χ1) is 9.41. The standard InChI is InChI=1S/C14H20FNO3S/c1-11-9-13(3-4-14(11)15)20(17,18)16(2)10-12-5-7-19-8-6-12/h3-4,9,12H,5-8,10H2,1-2H3. The molecular formula is C14H20FNO3S. The minimum atomic E-state index is -3.55. The quantitative estimate of drug-likeness (QED) is 0.856. The highest BCUT2D eigenvalue weighted by molar-refractivity contribution is 7.89. The van der Waals surface area contributed by atoms with Gasteiger partial charge >= 0.3 is 0 Å². The van der Waals surface area contributed by atoms with Crippen LogP contribution in [-0.4, -0.2) is 39.5 Å². The molecule has 0 amide bonds. The summed E-state index contributed by atoms with van der Waals surface area (Å²) in [4.78, 5) is 0.144. The summed E-state index contributed by atoms with van der Waals surface area (Å²) in [5.74, 6) is -0.0684. The van der Waals surface area contributed by atoms with Crippen LogP contribution in [0, 0.1) is 18.7 Å². The molecule has 0 aromatic heterocycles. The third-order valence-corrected chi connectivity index (χ3v) is 5.51. The molecule has 0 N–H and O–H groups in total. The molecule has 1 fully saturated rings. The van der Waals surface area contributed by atoms with Crippen molar-refractivity contribution in [2.45, 2.75) is 24.7 Å². The van der Waals surface area contributed by atoms with E-state index in [2.05, 4.69) is 0 Å². The SMILES string of the molecule is Cc1cc(S(=O)(=O)N(C)CC2CCOCC2)ccc1F. The van der Waals surface area contributed by atoms with Crippen LogP contribution in [0.25, 0.3) is 0 Å². The van der Waals surface area contributed by atoms with Gasteiger partial charge in [0, 0.05) is 26.8 Å². The smallest absolute Gasteiger partial charge is 0.242 e. The highest BCUT2D eigenvalue weighted by Crippen LogP contribution is 2.21. The molecule has 0 radical (unpaired) electrons. The summed E-state index contributed by atoms with van der Waals surface area (Å²) in [5.41, 5.74) is 0.338. The van der Waals surface area contributed by atoms with Crippen LogP contribution < -0.4 is 0 Å². The van der Waals surface area contributed by atoms with E-state index in [1.165, 1.54) is 22.5 Å². The fourth-order valence-electron chi connectivity index (χ4n) is 2.35. The van der Waals surface area contributed by atoms with Crippen molar-refractivity contribution in [1.82, 2.24) is 4.31 Å². The van der Waals surface area contributed by atoms with E-state index in [9.17, 15) is 12.8 Å². The van der Waals surface area contributed by atoms with Gasteiger partial charge in [0.15, 0.2) is 0 Å². The number of rotatable bonds is 4. The molecule has 112 valence electrons. The Morgan fingerprint density at radius 1 is 1.35 bits per heavy atom. The Kier molecular flexibility index (Phi) is 4.78. The first-order valence-electron chi connectivity index (χ1n) is 6.71. The van der Waals surface area contributed by atoms with Crippen LogP contribution in [-0.2, 0) is 14.8 Å². The van der Waals surface area contributed by atoms with E-state index in [0.29, 0.717) is 31.2 Å². The number of nitrogens with zero attached hydrogens (tertiary/aromatic N) is 1. The Hall–Kier alpha value is -0.980. The predicted octanol–water partition coefficient (Wildman–Crippen LogP) is 2.18. The molecule has 1 aromatic carbocycles. The second-order valence-electron chi connectivity index (χ2n) is 5.25. The molecule has 2 rings (SSSR count). The lowest BCUT2D eigenvalue weighted by atomic mass is 10.0. The molecule has 1 aliphatic rings. The van der Waals surface area contributed by atoms with E-state index in [-0.39, 0.29) is 4.90 Å². The lowest BCUT2D eigenvalue weighted by Gasteiger charge is -2.26. The molecule has 1 saturated heterocycles. The molecule has 0 aliphatic carbocycles. The molecule has 1 aromatic rings. The number of benzene rings is 1. The van der Waals surface area contributed by atoms with Gasteiger partial charge in [0.25, 0.3) is 0 Å². The monoisotopic (exact) mass is 301 g/mol. The highest BCUT2D eigenvalue weighted by Gasteiger charge is 2.25. The van der Waals surface area contributed by atoms with Crippen molar-refractivity contribution in [2.24, 2.45) is 5.92 Å². The molecule has 0 atom stereocenters. The summed E-state index contributed by atoms with van der Waals surface area (Å²) >= 11 is 0. The van der Waals surface area contributed by atoms with Crippen LogP contribution in [0.4, 0.5) is 4.39 Å². The Morgan fingerprint density at radius 3 is 2.60 bits per heavy atom. The number of halogens is 1. The van der Waals surface area contributed by atoms with Gasteiger partial charge in [-0.15, -0.1) is 0 Å². The molecule has 20 heavy (non-hydrogen) atoms. The minimum Gasteiger partial charge on any atom is -0.381 e. The third-order valence-electron chi connectivity index (χ3n) is 3.69. The highest BCUT2D eigenvalue weighted by atomic mass is 32.2. The maximum absolute atomic E-state index is 13.2. The van der Waals surface area contributed by atoms with Crippen LogP contribution in [0.5, 0.6) is 0 Å². The molecule has 1 aliphatic heterocycles. The zero-order valence-electron chi connectivity index (χ0n) is 11.8. The lowest BCUT2D eigenvalue weighted by molar-refractivity contribution is 0.0620. The van der Waals surface area contributed by atoms with Gasteiger partial charge in [-0.25, -0.2) is 17.1 Å². The van der Waals surface area contributed by atoms with Crippen molar-refractivity contribution < 1.29 is 17.5 Å². The summed E-state index contributed by atoms with van der Waals surface area (Å²) in [6.07, 6.45) is 1.75. The van der Waals surface area contributed by atoms with Crippen LogP contribution in [0.1, 0.15) is 18.4 Å². The fourth-order valence-corrected chi connectivity index (χ4v) is 3.68. The van der Waals surface area contributed by atoms with Crippen molar-refractivity contribution in [3.05, 3.63) is 29.6 Å². The average Bonchev–Trinajstić information content (AvgIpc) is 2.42. The minimum absolute atomic E-state index is 0.144.